The maximum atomic E-state index is 14.3. The zero-order valence-corrected chi connectivity index (χ0v) is 36.9. The molecule has 4 N–H and O–H groups in total. The van der Waals surface area contributed by atoms with E-state index >= 15 is 0 Å². The van der Waals surface area contributed by atoms with Crippen LogP contribution in [0.3, 0.4) is 0 Å². The molecule has 4 amide bonds. The van der Waals surface area contributed by atoms with Crippen LogP contribution >= 0.6 is 0 Å². The van der Waals surface area contributed by atoms with Crippen LogP contribution in [0.5, 0.6) is 5.75 Å². The summed E-state index contributed by atoms with van der Waals surface area (Å²) in [5.74, 6) is 2.09. The Kier molecular flexibility index (Phi) is 11.0. The van der Waals surface area contributed by atoms with Crippen molar-refractivity contribution in [3.8, 4) is 28.1 Å². The number of rotatable bonds is 8. The van der Waals surface area contributed by atoms with Gasteiger partial charge in [-0.25, -0.2) is 19.6 Å². The molecule has 16 nitrogen and oxygen atoms in total. The zero-order valence-electron chi connectivity index (χ0n) is 36.9. The lowest BCUT2D eigenvalue weighted by atomic mass is 9.80. The predicted molar refractivity (Wildman–Crippen MR) is 237 cm³/mol. The summed E-state index contributed by atoms with van der Waals surface area (Å²) in [6, 6.07) is 12.8. The molecule has 5 unspecified atom stereocenters. The number of benzene rings is 3. The molecule has 0 aliphatic carbocycles. The van der Waals surface area contributed by atoms with Gasteiger partial charge in [-0.15, -0.1) is 0 Å². The van der Waals surface area contributed by atoms with Crippen LogP contribution in [0.15, 0.2) is 48.7 Å². The van der Waals surface area contributed by atoms with E-state index in [2.05, 4.69) is 57.0 Å². The first-order valence-corrected chi connectivity index (χ1v) is 22.7. The molecular formula is C48H56N8O8. The number of carbonyl (C=O) groups excluding carboxylic acids is 4. The van der Waals surface area contributed by atoms with Gasteiger partial charge in [-0.2, -0.15) is 0 Å². The van der Waals surface area contributed by atoms with Gasteiger partial charge in [-0.05, 0) is 110 Å². The molecule has 3 aromatic carbocycles. The van der Waals surface area contributed by atoms with Crippen molar-refractivity contribution in [3.63, 3.8) is 0 Å². The number of H-pyrrole nitrogens is 2. The minimum Gasteiger partial charge on any atom is -0.488 e. The van der Waals surface area contributed by atoms with Crippen molar-refractivity contribution in [2.24, 2.45) is 17.8 Å². The Morgan fingerprint density at radius 2 is 1.78 bits per heavy atom. The molecule has 2 aromatic heterocycles. The summed E-state index contributed by atoms with van der Waals surface area (Å²) in [4.78, 5) is 74.1. The third-order valence-corrected chi connectivity index (χ3v) is 14.8. The number of carbonyl (C=O) groups is 4. The molecule has 9 atom stereocenters. The number of hydrogen-bond donors (Lipinski definition) is 4. The van der Waals surface area contributed by atoms with Gasteiger partial charge in [0.1, 0.15) is 36.1 Å². The topological polar surface area (TPSA) is 193 Å². The summed E-state index contributed by atoms with van der Waals surface area (Å²) < 4.78 is 22.1. The highest BCUT2D eigenvalue weighted by atomic mass is 16.5. The van der Waals surface area contributed by atoms with Gasteiger partial charge in [0.05, 0.1) is 49.2 Å². The number of hydrogen-bond acceptors (Lipinski definition) is 10. The fraction of sp³-hybridized carbons (Fsp3) is 0.500. The Labute approximate surface area is 371 Å². The molecule has 10 rings (SSSR count). The number of aromatic amines is 2. The van der Waals surface area contributed by atoms with Crippen molar-refractivity contribution >= 4 is 45.8 Å². The number of aromatic nitrogens is 4. The van der Waals surface area contributed by atoms with Crippen molar-refractivity contribution in [1.82, 2.24) is 40.4 Å². The van der Waals surface area contributed by atoms with Crippen LogP contribution in [-0.4, -0.2) is 105 Å². The molecule has 4 saturated heterocycles. The SMILES string of the molecule is CC[C@H](C)C(NC(=O)OC)C(=O)N1C(c2nc3ccc4cc5c(cc4c3[nH]2)OCc2cc(-c3cnc(C4CC[C@@H]6CC7COCCC7[C@H](NC(=O)OC)C(=O)N46)[nH]3)ccc2-5)CC[C@@H]1C. The number of likely N-dealkylation sites (tertiary alicyclic amines) is 1. The van der Waals surface area contributed by atoms with Crippen molar-refractivity contribution in [2.45, 2.75) is 109 Å². The van der Waals surface area contributed by atoms with Gasteiger partial charge in [0, 0.05) is 36.2 Å². The molecule has 0 bridgehead atoms. The number of ether oxygens (including phenoxy) is 4. The number of nitrogens with one attached hydrogen (secondary N) is 4. The predicted octanol–water partition coefficient (Wildman–Crippen LogP) is 7.30. The van der Waals surface area contributed by atoms with Crippen molar-refractivity contribution in [3.05, 3.63) is 65.9 Å². The molecule has 7 heterocycles. The van der Waals surface area contributed by atoms with E-state index in [0.717, 1.165) is 106 Å². The highest BCUT2D eigenvalue weighted by molar-refractivity contribution is 6.07. The fourth-order valence-electron chi connectivity index (χ4n) is 11.2. The standard InChI is InChI=1S/C48H56N8O8/c1-6-24(2)40(53-47(59)61-4)45(57)55-25(3)7-13-38(55)44-50-35-12-9-26-19-34-31-11-8-27(17-28(31)23-64-39(34)20-33(26)41(35)52-44)36-21-49-43(51-36)37-14-10-30-18-29-22-63-16-15-32(29)42(46(58)56(30)37)54-48(60)62-5/h8-9,11-12,17,19-21,24-25,29-30,32,37-38,40,42H,6-7,10,13-16,18,22-23H2,1-5H3,(H,49,51)(H,50,52)(H,53,59)(H,54,60)/t24-,25-,29?,30+,32?,37?,38?,40?,42-/m0/s1. The lowest BCUT2D eigenvalue weighted by Gasteiger charge is -2.34. The number of fused-ring (bicyclic) bond motifs is 8. The molecular weight excluding hydrogens is 817 g/mol. The average Bonchev–Trinajstić information content (AvgIpc) is 4.13. The van der Waals surface area contributed by atoms with Crippen LogP contribution < -0.4 is 15.4 Å². The summed E-state index contributed by atoms with van der Waals surface area (Å²) >= 11 is 0. The Bertz CT molecular complexity index is 2640. The summed E-state index contributed by atoms with van der Waals surface area (Å²) in [6.07, 6.45) is 6.07. The van der Waals surface area contributed by atoms with E-state index in [1.165, 1.54) is 14.2 Å². The van der Waals surface area contributed by atoms with E-state index in [4.69, 9.17) is 28.9 Å². The molecule has 0 spiro atoms. The molecule has 64 heavy (non-hydrogen) atoms. The summed E-state index contributed by atoms with van der Waals surface area (Å²) in [5, 5.41) is 7.68. The van der Waals surface area contributed by atoms with E-state index in [1.807, 2.05) is 42.8 Å². The molecule has 0 saturated carbocycles. The molecule has 336 valence electrons. The monoisotopic (exact) mass is 872 g/mol. The second kappa shape index (κ2) is 16.8. The van der Waals surface area contributed by atoms with Crippen LogP contribution in [-0.2, 0) is 30.4 Å². The Morgan fingerprint density at radius 3 is 2.59 bits per heavy atom. The molecule has 0 radical (unpaired) electrons. The van der Waals surface area contributed by atoms with Crippen molar-refractivity contribution in [1.29, 1.82) is 0 Å². The largest absolute Gasteiger partial charge is 0.488 e. The lowest BCUT2D eigenvalue weighted by molar-refractivity contribution is -0.138. The minimum atomic E-state index is -0.713. The quantitative estimate of drug-likeness (QED) is 0.123. The number of alkyl carbamates (subject to hydrolysis) is 2. The summed E-state index contributed by atoms with van der Waals surface area (Å²) in [5.41, 5.74) is 6.64. The maximum absolute atomic E-state index is 14.3. The Morgan fingerprint density at radius 1 is 0.953 bits per heavy atom. The van der Waals surface area contributed by atoms with Crippen LogP contribution in [0.1, 0.15) is 95.0 Å². The molecule has 16 heteroatoms. The van der Waals surface area contributed by atoms with Crippen LogP contribution in [0.2, 0.25) is 0 Å². The van der Waals surface area contributed by atoms with Crippen molar-refractivity contribution < 1.29 is 38.1 Å². The van der Waals surface area contributed by atoms with Gasteiger partial charge in [0.2, 0.25) is 11.8 Å². The van der Waals surface area contributed by atoms with Crippen molar-refractivity contribution in [2.75, 3.05) is 27.4 Å². The molecule has 5 aliphatic heterocycles. The third kappa shape index (κ3) is 7.19. The highest BCUT2D eigenvalue weighted by Gasteiger charge is 2.50. The minimum absolute atomic E-state index is 0.0118. The van der Waals surface area contributed by atoms with E-state index < -0.39 is 24.3 Å². The van der Waals surface area contributed by atoms with E-state index in [1.54, 1.807) is 0 Å². The number of amides is 4. The number of nitrogens with zero attached hydrogens (tertiary/aromatic N) is 4. The number of imidazole rings is 2. The molecule has 4 fully saturated rings. The second-order valence-corrected chi connectivity index (χ2v) is 18.3. The average molecular weight is 873 g/mol. The normalized spacial score (nSPS) is 26.0. The van der Waals surface area contributed by atoms with E-state index in [0.29, 0.717) is 26.2 Å². The summed E-state index contributed by atoms with van der Waals surface area (Å²) in [7, 11) is 2.63. The first-order valence-electron chi connectivity index (χ1n) is 22.7. The second-order valence-electron chi connectivity index (χ2n) is 18.3. The van der Waals surface area contributed by atoms with E-state index in [-0.39, 0.29) is 53.7 Å². The molecule has 5 aromatic rings. The Balaban J connectivity index is 0.903. The van der Waals surface area contributed by atoms with Gasteiger partial charge in [-0.3, -0.25) is 9.59 Å². The summed E-state index contributed by atoms with van der Waals surface area (Å²) in [6.45, 7) is 7.55. The number of methoxy groups -OCH3 is 2. The van der Waals surface area contributed by atoms with Crippen LogP contribution in [0.25, 0.3) is 44.2 Å². The zero-order chi connectivity index (χ0) is 44.4. The van der Waals surface area contributed by atoms with Gasteiger partial charge >= 0.3 is 12.2 Å². The maximum Gasteiger partial charge on any atom is 0.407 e. The first-order chi connectivity index (χ1) is 31.0. The van der Waals surface area contributed by atoms with Gasteiger partial charge in [-0.1, -0.05) is 38.5 Å². The van der Waals surface area contributed by atoms with Gasteiger partial charge in [0.25, 0.3) is 0 Å². The lowest BCUT2D eigenvalue weighted by Crippen LogP contribution is -2.53. The van der Waals surface area contributed by atoms with Crippen LogP contribution in [0, 0.1) is 17.8 Å². The van der Waals surface area contributed by atoms with E-state index in [9.17, 15) is 19.2 Å². The Hall–Kier alpha value is -6.16. The third-order valence-electron chi connectivity index (χ3n) is 14.8. The van der Waals surface area contributed by atoms with Gasteiger partial charge < -0.3 is 49.3 Å². The highest BCUT2D eigenvalue weighted by Crippen LogP contribution is 2.46. The first kappa shape index (κ1) is 41.8. The van der Waals surface area contributed by atoms with Gasteiger partial charge in [0.15, 0.2) is 0 Å². The molecule has 5 aliphatic rings. The fourth-order valence-corrected chi connectivity index (χ4v) is 11.2. The smallest absolute Gasteiger partial charge is 0.407 e. The van der Waals surface area contributed by atoms with Crippen LogP contribution in [0.4, 0.5) is 9.59 Å².